The van der Waals surface area contributed by atoms with Crippen LogP contribution in [0.5, 0.6) is 0 Å². The minimum atomic E-state index is -4.67. The number of halogens is 3. The van der Waals surface area contributed by atoms with Crippen LogP contribution in [0.4, 0.5) is 19.0 Å². The third kappa shape index (κ3) is 2.03. The smallest absolute Gasteiger partial charge is 0.382 e. The Bertz CT molecular complexity index is 891. The van der Waals surface area contributed by atoms with Crippen LogP contribution in [0.1, 0.15) is 11.3 Å². The number of nitrogens with zero attached hydrogens (tertiary/aromatic N) is 4. The topological polar surface area (TPSA) is 80.0 Å². The lowest BCUT2D eigenvalue weighted by molar-refractivity contribution is -0.140. The number of rotatable bonds is 1. The standard InChI is InChI=1S/C14H8F3N5/c15-14(16,17)11-10(8-4-2-1-3-5-8)13-20-7-9(6-18)12(19)22(13)21-11/h1-5,7H,19H2. The minimum Gasteiger partial charge on any atom is -0.382 e. The molecule has 2 heterocycles. The summed E-state index contributed by atoms with van der Waals surface area (Å²) in [7, 11) is 0. The van der Waals surface area contributed by atoms with Crippen molar-refractivity contribution in [2.24, 2.45) is 0 Å². The van der Waals surface area contributed by atoms with Crippen molar-refractivity contribution in [3.63, 3.8) is 0 Å². The average molecular weight is 303 g/mol. The van der Waals surface area contributed by atoms with Gasteiger partial charge in [0.2, 0.25) is 0 Å². The predicted octanol–water partition coefficient (Wildman–Crippen LogP) is 2.87. The fraction of sp³-hybridized carbons (Fsp3) is 0.0714. The number of nitrogen functional groups attached to an aromatic ring is 1. The molecule has 0 aliphatic rings. The molecule has 0 atom stereocenters. The maximum atomic E-state index is 13.3. The summed E-state index contributed by atoms with van der Waals surface area (Å²) < 4.78 is 40.7. The summed E-state index contributed by atoms with van der Waals surface area (Å²) in [5.41, 5.74) is 4.69. The van der Waals surface area contributed by atoms with Crippen LogP contribution >= 0.6 is 0 Å². The number of hydrogen-bond acceptors (Lipinski definition) is 4. The number of hydrogen-bond donors (Lipinski definition) is 1. The van der Waals surface area contributed by atoms with Crippen LogP contribution in [0.25, 0.3) is 16.8 Å². The normalized spacial score (nSPS) is 11.5. The second-order valence-corrected chi connectivity index (χ2v) is 4.49. The third-order valence-electron chi connectivity index (χ3n) is 3.13. The quantitative estimate of drug-likeness (QED) is 0.749. The van der Waals surface area contributed by atoms with Crippen LogP contribution in [0.2, 0.25) is 0 Å². The highest BCUT2D eigenvalue weighted by Gasteiger charge is 2.39. The van der Waals surface area contributed by atoms with Gasteiger partial charge in [-0.3, -0.25) is 0 Å². The maximum absolute atomic E-state index is 13.3. The highest BCUT2D eigenvalue weighted by molar-refractivity contribution is 5.81. The number of alkyl halides is 3. The minimum absolute atomic E-state index is 0.0386. The zero-order valence-electron chi connectivity index (χ0n) is 11.0. The largest absolute Gasteiger partial charge is 0.435 e. The van der Waals surface area contributed by atoms with Crippen molar-refractivity contribution >= 4 is 11.5 Å². The molecule has 0 aliphatic heterocycles. The molecule has 0 unspecified atom stereocenters. The number of benzene rings is 1. The van der Waals surface area contributed by atoms with Crippen LogP contribution in [0, 0.1) is 11.3 Å². The van der Waals surface area contributed by atoms with Crippen molar-refractivity contribution < 1.29 is 13.2 Å². The van der Waals surface area contributed by atoms with Crippen molar-refractivity contribution in [2.45, 2.75) is 6.18 Å². The van der Waals surface area contributed by atoms with Gasteiger partial charge in [-0.1, -0.05) is 30.3 Å². The first kappa shape index (κ1) is 13.9. The molecule has 110 valence electrons. The van der Waals surface area contributed by atoms with Gasteiger partial charge in [0.1, 0.15) is 17.5 Å². The Labute approximate surface area is 122 Å². The van der Waals surface area contributed by atoms with E-state index >= 15 is 0 Å². The fourth-order valence-electron chi connectivity index (χ4n) is 2.16. The van der Waals surface area contributed by atoms with Crippen LogP contribution in [-0.2, 0) is 6.18 Å². The average Bonchev–Trinajstić information content (AvgIpc) is 2.89. The van der Waals surface area contributed by atoms with Gasteiger partial charge in [0, 0.05) is 0 Å². The van der Waals surface area contributed by atoms with Crippen LogP contribution in [0.3, 0.4) is 0 Å². The molecule has 3 aromatic rings. The highest BCUT2D eigenvalue weighted by atomic mass is 19.4. The molecular formula is C14H8F3N5. The molecule has 0 radical (unpaired) electrons. The molecule has 3 rings (SSSR count). The number of anilines is 1. The molecule has 8 heteroatoms. The Hall–Kier alpha value is -3.08. The Balaban J connectivity index is 2.44. The van der Waals surface area contributed by atoms with Gasteiger partial charge in [-0.25, -0.2) is 4.98 Å². The zero-order chi connectivity index (χ0) is 15.9. The van der Waals surface area contributed by atoms with E-state index < -0.39 is 11.9 Å². The third-order valence-corrected chi connectivity index (χ3v) is 3.13. The molecule has 0 saturated heterocycles. The second kappa shape index (κ2) is 4.73. The SMILES string of the molecule is N#Cc1cnc2c(-c3ccccc3)c(C(F)(F)F)nn2c1N. The molecule has 22 heavy (non-hydrogen) atoms. The summed E-state index contributed by atoms with van der Waals surface area (Å²) in [5.74, 6) is -0.180. The Morgan fingerprint density at radius 1 is 1.18 bits per heavy atom. The van der Waals surface area contributed by atoms with Crippen molar-refractivity contribution in [1.82, 2.24) is 14.6 Å². The number of aromatic nitrogens is 3. The molecule has 2 aromatic heterocycles. The molecule has 5 nitrogen and oxygen atoms in total. The van der Waals surface area contributed by atoms with Gasteiger partial charge in [0.05, 0.1) is 11.8 Å². The van der Waals surface area contributed by atoms with E-state index in [0.29, 0.717) is 5.56 Å². The molecular weight excluding hydrogens is 295 g/mol. The maximum Gasteiger partial charge on any atom is 0.435 e. The van der Waals surface area contributed by atoms with Gasteiger partial charge in [-0.05, 0) is 5.56 Å². The second-order valence-electron chi connectivity index (χ2n) is 4.49. The van der Waals surface area contributed by atoms with Crippen LogP contribution < -0.4 is 5.73 Å². The van der Waals surface area contributed by atoms with Crippen molar-refractivity contribution in [2.75, 3.05) is 5.73 Å². The number of nitriles is 1. The van der Waals surface area contributed by atoms with Crippen LogP contribution in [-0.4, -0.2) is 14.6 Å². The number of fused-ring (bicyclic) bond motifs is 1. The molecule has 0 aliphatic carbocycles. The molecule has 0 bridgehead atoms. The first-order chi connectivity index (χ1) is 10.4. The van der Waals surface area contributed by atoms with E-state index in [1.807, 2.05) is 0 Å². The van der Waals surface area contributed by atoms with E-state index in [4.69, 9.17) is 11.0 Å². The van der Waals surface area contributed by atoms with E-state index in [2.05, 4.69) is 10.1 Å². The molecule has 2 N–H and O–H groups in total. The van der Waals surface area contributed by atoms with Gasteiger partial charge in [-0.2, -0.15) is 28.0 Å². The summed E-state index contributed by atoms with van der Waals surface area (Å²) in [4.78, 5) is 3.92. The molecule has 0 saturated carbocycles. The highest BCUT2D eigenvalue weighted by Crippen LogP contribution is 2.38. The predicted molar refractivity (Wildman–Crippen MR) is 72.6 cm³/mol. The monoisotopic (exact) mass is 303 g/mol. The zero-order valence-corrected chi connectivity index (χ0v) is 11.0. The Kier molecular flexibility index (Phi) is 2.99. The van der Waals surface area contributed by atoms with Gasteiger partial charge in [-0.15, -0.1) is 0 Å². The lowest BCUT2D eigenvalue weighted by Gasteiger charge is -2.05. The number of nitrogens with two attached hydrogens (primary N) is 1. The van der Waals surface area contributed by atoms with E-state index in [0.717, 1.165) is 10.7 Å². The van der Waals surface area contributed by atoms with E-state index in [9.17, 15) is 13.2 Å². The Morgan fingerprint density at radius 2 is 1.86 bits per heavy atom. The summed E-state index contributed by atoms with van der Waals surface area (Å²) in [6.45, 7) is 0. The lowest BCUT2D eigenvalue weighted by Crippen LogP contribution is -2.08. The fourth-order valence-corrected chi connectivity index (χ4v) is 2.16. The van der Waals surface area contributed by atoms with E-state index in [1.165, 1.54) is 12.1 Å². The first-order valence-electron chi connectivity index (χ1n) is 6.13. The molecule has 0 spiro atoms. The summed E-state index contributed by atoms with van der Waals surface area (Å²) >= 11 is 0. The summed E-state index contributed by atoms with van der Waals surface area (Å²) in [6, 6.07) is 9.75. The van der Waals surface area contributed by atoms with Crippen molar-refractivity contribution in [3.8, 4) is 17.2 Å². The lowest BCUT2D eigenvalue weighted by atomic mass is 10.1. The molecule has 0 amide bonds. The summed E-state index contributed by atoms with van der Waals surface area (Å²) in [6.07, 6.45) is -3.53. The molecule has 0 fully saturated rings. The van der Waals surface area contributed by atoms with Gasteiger partial charge in [0.25, 0.3) is 0 Å². The van der Waals surface area contributed by atoms with Gasteiger partial charge < -0.3 is 5.73 Å². The van der Waals surface area contributed by atoms with Gasteiger partial charge in [0.15, 0.2) is 11.3 Å². The summed E-state index contributed by atoms with van der Waals surface area (Å²) in [5, 5.41) is 12.4. The Morgan fingerprint density at radius 3 is 2.45 bits per heavy atom. The first-order valence-corrected chi connectivity index (χ1v) is 6.13. The van der Waals surface area contributed by atoms with Crippen molar-refractivity contribution in [1.29, 1.82) is 5.26 Å². The van der Waals surface area contributed by atoms with Gasteiger partial charge >= 0.3 is 6.18 Å². The van der Waals surface area contributed by atoms with Crippen LogP contribution in [0.15, 0.2) is 36.5 Å². The van der Waals surface area contributed by atoms with E-state index in [-0.39, 0.29) is 22.6 Å². The van der Waals surface area contributed by atoms with E-state index in [1.54, 1.807) is 24.3 Å². The molecule has 1 aromatic carbocycles. The van der Waals surface area contributed by atoms with Crippen molar-refractivity contribution in [3.05, 3.63) is 47.8 Å².